The van der Waals surface area contributed by atoms with Crippen LogP contribution in [0.2, 0.25) is 0 Å². The van der Waals surface area contributed by atoms with Gasteiger partial charge in [-0.05, 0) is 72.5 Å². The third-order valence-electron chi connectivity index (χ3n) is 6.13. The predicted octanol–water partition coefficient (Wildman–Crippen LogP) is 8.57. The fourth-order valence-electron chi connectivity index (χ4n) is 4.01. The van der Waals surface area contributed by atoms with E-state index in [2.05, 4.69) is 43.7 Å². The number of imidazole rings is 1. The number of aromatic nitrogens is 2. The van der Waals surface area contributed by atoms with Gasteiger partial charge in [-0.2, -0.15) is 13.2 Å². The van der Waals surface area contributed by atoms with Crippen LogP contribution in [-0.4, -0.2) is 22.4 Å². The fraction of sp³-hybridized carbons (Fsp3) is 0.188. The monoisotopic (exact) mass is 623 g/mol. The van der Waals surface area contributed by atoms with Crippen molar-refractivity contribution < 1.29 is 18.0 Å². The second-order valence-corrected chi connectivity index (χ2v) is 11.0. The van der Waals surface area contributed by atoms with Gasteiger partial charge in [0.05, 0.1) is 35.3 Å². The van der Waals surface area contributed by atoms with E-state index in [1.807, 2.05) is 79.7 Å². The highest BCUT2D eigenvalue weighted by molar-refractivity contribution is 7.99. The number of fused-ring (bicyclic) bond motifs is 1. The van der Waals surface area contributed by atoms with Gasteiger partial charge < -0.3 is 4.98 Å². The fourth-order valence-corrected chi connectivity index (χ4v) is 5.35. The SMILES string of the molecule is CC.Cc1ccc(N2CC(=O)NS2)cc1.FC(F)(F)c1ccc2nc(CNSc3ccc(-c4ccccc4)cc3)[nH]c2c1. The minimum atomic E-state index is -4.36. The minimum absolute atomic E-state index is 0.0607. The highest BCUT2D eigenvalue weighted by Gasteiger charge is 2.30. The zero-order chi connectivity index (χ0) is 30.8. The van der Waals surface area contributed by atoms with Gasteiger partial charge in [-0.15, -0.1) is 0 Å². The normalized spacial score (nSPS) is 12.7. The van der Waals surface area contributed by atoms with Gasteiger partial charge in [0.2, 0.25) is 0 Å². The lowest BCUT2D eigenvalue weighted by atomic mass is 10.1. The molecular weight excluding hydrogens is 592 g/mol. The molecule has 0 atom stereocenters. The Kier molecular flexibility index (Phi) is 11.2. The van der Waals surface area contributed by atoms with E-state index >= 15 is 0 Å². The van der Waals surface area contributed by atoms with Crippen molar-refractivity contribution in [1.29, 1.82) is 0 Å². The summed E-state index contributed by atoms with van der Waals surface area (Å²) in [4.78, 5) is 19.2. The Bertz CT molecular complexity index is 1610. The van der Waals surface area contributed by atoms with Gasteiger partial charge in [0.15, 0.2) is 0 Å². The molecule has 2 heterocycles. The van der Waals surface area contributed by atoms with Gasteiger partial charge in [-0.3, -0.25) is 18.5 Å². The van der Waals surface area contributed by atoms with Crippen molar-refractivity contribution in [2.75, 3.05) is 10.8 Å². The number of halogens is 3. The first-order chi connectivity index (χ1) is 20.7. The summed E-state index contributed by atoms with van der Waals surface area (Å²) in [5.74, 6) is 0.647. The summed E-state index contributed by atoms with van der Waals surface area (Å²) in [7, 11) is 0. The highest BCUT2D eigenvalue weighted by atomic mass is 32.2. The summed E-state index contributed by atoms with van der Waals surface area (Å²) in [6.45, 7) is 6.89. The first-order valence-corrected chi connectivity index (χ1v) is 15.2. The van der Waals surface area contributed by atoms with E-state index in [0.717, 1.165) is 33.8 Å². The summed E-state index contributed by atoms with van der Waals surface area (Å²) in [5.41, 5.74) is 4.80. The molecule has 6 rings (SSSR count). The van der Waals surface area contributed by atoms with E-state index in [0.29, 0.717) is 29.9 Å². The summed E-state index contributed by atoms with van der Waals surface area (Å²) >= 11 is 2.79. The lowest BCUT2D eigenvalue weighted by molar-refractivity contribution is -0.137. The average molecular weight is 624 g/mol. The largest absolute Gasteiger partial charge is 0.416 e. The molecule has 4 aromatic carbocycles. The molecule has 43 heavy (non-hydrogen) atoms. The maximum absolute atomic E-state index is 12.8. The van der Waals surface area contributed by atoms with Crippen LogP contribution in [0.15, 0.2) is 102 Å². The third-order valence-corrected chi connectivity index (χ3v) is 7.80. The Morgan fingerprint density at radius 3 is 2.23 bits per heavy atom. The van der Waals surface area contributed by atoms with Crippen molar-refractivity contribution >= 4 is 46.7 Å². The Labute approximate surface area is 257 Å². The topological polar surface area (TPSA) is 73.1 Å². The molecule has 0 bridgehead atoms. The molecule has 1 fully saturated rings. The molecule has 0 spiro atoms. The van der Waals surface area contributed by atoms with E-state index in [4.69, 9.17) is 0 Å². The second kappa shape index (κ2) is 15.0. The molecule has 0 unspecified atom stereocenters. The number of carbonyl (C=O) groups is 1. The summed E-state index contributed by atoms with van der Waals surface area (Å²) in [5, 5.41) is 0. The van der Waals surface area contributed by atoms with Crippen molar-refractivity contribution in [2.24, 2.45) is 0 Å². The number of amides is 1. The van der Waals surface area contributed by atoms with Crippen molar-refractivity contribution in [1.82, 2.24) is 19.4 Å². The number of nitrogens with zero attached hydrogens (tertiary/aromatic N) is 2. The minimum Gasteiger partial charge on any atom is -0.341 e. The molecule has 3 N–H and O–H groups in total. The van der Waals surface area contributed by atoms with Crippen molar-refractivity contribution in [3.63, 3.8) is 0 Å². The van der Waals surface area contributed by atoms with Gasteiger partial charge in [0.1, 0.15) is 12.4 Å². The van der Waals surface area contributed by atoms with E-state index in [-0.39, 0.29) is 5.91 Å². The predicted molar refractivity (Wildman–Crippen MR) is 171 cm³/mol. The molecule has 0 saturated carbocycles. The molecule has 0 aliphatic carbocycles. The van der Waals surface area contributed by atoms with Crippen LogP contribution in [0.4, 0.5) is 18.9 Å². The Morgan fingerprint density at radius 2 is 1.60 bits per heavy atom. The van der Waals surface area contributed by atoms with Crippen LogP contribution in [0, 0.1) is 6.92 Å². The Balaban J connectivity index is 0.000000235. The number of benzene rings is 4. The van der Waals surface area contributed by atoms with E-state index < -0.39 is 11.7 Å². The summed E-state index contributed by atoms with van der Waals surface area (Å²) in [6, 6.07) is 29.9. The maximum Gasteiger partial charge on any atom is 0.416 e. The number of H-pyrrole nitrogens is 1. The number of nitrogens with one attached hydrogen (secondary N) is 3. The Hall–Kier alpha value is -3.93. The van der Waals surface area contributed by atoms with E-state index in [1.54, 1.807) is 0 Å². The van der Waals surface area contributed by atoms with E-state index in [1.165, 1.54) is 35.7 Å². The van der Waals surface area contributed by atoms with Crippen molar-refractivity contribution in [3.8, 4) is 11.1 Å². The molecule has 6 nitrogen and oxygen atoms in total. The number of hydrogen-bond acceptors (Lipinski definition) is 6. The molecular formula is C32H32F3N5OS2. The molecule has 0 radical (unpaired) electrons. The first kappa shape index (κ1) is 32.0. The van der Waals surface area contributed by atoms with Crippen LogP contribution in [-0.2, 0) is 17.5 Å². The number of rotatable bonds is 6. The van der Waals surface area contributed by atoms with Crippen LogP contribution < -0.4 is 13.7 Å². The molecule has 224 valence electrons. The lowest BCUT2D eigenvalue weighted by Gasteiger charge is -2.12. The molecule has 11 heteroatoms. The number of carbonyl (C=O) groups excluding carboxylic acids is 1. The maximum atomic E-state index is 12.8. The molecule has 5 aromatic rings. The standard InChI is InChI=1S/C21H16F3N3S.C9H10N2OS.C2H6/c22-21(23,24)16-8-11-18-19(12-16)27-20(26-18)13-25-28-17-9-6-15(7-10-17)14-4-2-1-3-5-14;1-7-2-4-8(5-3-7)11-6-9(12)10-13-11;1-2/h1-12,25H,13H2,(H,26,27);2-5H,6H2,1H3,(H,10,12);1-2H3. The first-order valence-electron chi connectivity index (χ1n) is 13.7. The molecule has 1 aliphatic rings. The quantitative estimate of drug-likeness (QED) is 0.165. The average Bonchev–Trinajstić information content (AvgIpc) is 3.64. The number of hydrogen-bond donors (Lipinski definition) is 3. The van der Waals surface area contributed by atoms with Gasteiger partial charge in [-0.1, -0.05) is 74.0 Å². The number of aryl methyl sites for hydroxylation is 1. The van der Waals surface area contributed by atoms with Gasteiger partial charge in [0.25, 0.3) is 5.91 Å². The zero-order valence-electron chi connectivity index (χ0n) is 23.9. The van der Waals surface area contributed by atoms with Crippen LogP contribution in [0.25, 0.3) is 22.2 Å². The van der Waals surface area contributed by atoms with Crippen LogP contribution in [0.1, 0.15) is 30.8 Å². The smallest absolute Gasteiger partial charge is 0.341 e. The van der Waals surface area contributed by atoms with Gasteiger partial charge in [-0.25, -0.2) is 4.98 Å². The molecule has 1 aliphatic heterocycles. The van der Waals surface area contributed by atoms with Crippen molar-refractivity contribution in [2.45, 2.75) is 38.4 Å². The summed E-state index contributed by atoms with van der Waals surface area (Å²) in [6.07, 6.45) is -4.36. The summed E-state index contributed by atoms with van der Waals surface area (Å²) < 4.78 is 46.2. The number of alkyl halides is 3. The number of anilines is 1. The molecule has 1 amide bonds. The zero-order valence-corrected chi connectivity index (χ0v) is 25.5. The van der Waals surface area contributed by atoms with Crippen molar-refractivity contribution in [3.05, 3.63) is 114 Å². The number of aromatic amines is 1. The lowest BCUT2D eigenvalue weighted by Crippen LogP contribution is -2.15. The third kappa shape index (κ3) is 9.03. The van der Waals surface area contributed by atoms with Gasteiger partial charge >= 0.3 is 6.18 Å². The van der Waals surface area contributed by atoms with Crippen LogP contribution in [0.5, 0.6) is 0 Å². The molecule has 1 aromatic heterocycles. The van der Waals surface area contributed by atoms with Crippen LogP contribution >= 0.6 is 24.1 Å². The van der Waals surface area contributed by atoms with Crippen LogP contribution in [0.3, 0.4) is 0 Å². The molecule has 1 saturated heterocycles. The highest BCUT2D eigenvalue weighted by Crippen LogP contribution is 2.31. The Morgan fingerprint density at radius 1 is 0.930 bits per heavy atom. The van der Waals surface area contributed by atoms with E-state index in [9.17, 15) is 18.0 Å². The second-order valence-electron chi connectivity index (χ2n) is 9.22. The van der Waals surface area contributed by atoms with Gasteiger partial charge in [0, 0.05) is 10.6 Å².